The Hall–Kier alpha value is -2.40. The molecule has 0 bridgehead atoms. The maximum absolute atomic E-state index is 12.1. The second-order valence-corrected chi connectivity index (χ2v) is 6.39. The standard InChI is InChI=1S/C19H22N2O3/c22-12-13-5-8-16(9-6-13)20-18(23)19(24)21-17-10-7-14-3-1-2-4-15(14)11-17/h1-4,7,10-11,13,16,22H,5-6,8-9,12H2,(H,20,23)(H,21,24). The predicted octanol–water partition coefficient (Wildman–Crippen LogP) is 2.45. The summed E-state index contributed by atoms with van der Waals surface area (Å²) in [6.45, 7) is 0.198. The molecule has 2 amide bonds. The van der Waals surface area contributed by atoms with Gasteiger partial charge in [-0.05, 0) is 54.5 Å². The first-order chi connectivity index (χ1) is 11.7. The Morgan fingerprint density at radius 1 is 0.958 bits per heavy atom. The zero-order valence-electron chi connectivity index (χ0n) is 13.5. The van der Waals surface area contributed by atoms with Crippen molar-refractivity contribution in [1.82, 2.24) is 5.32 Å². The van der Waals surface area contributed by atoms with Crippen LogP contribution < -0.4 is 10.6 Å². The number of amides is 2. The third-order valence-corrected chi connectivity index (χ3v) is 4.65. The number of aliphatic hydroxyl groups is 1. The molecule has 0 aromatic heterocycles. The van der Waals surface area contributed by atoms with Crippen LogP contribution in [0, 0.1) is 5.92 Å². The Morgan fingerprint density at radius 3 is 2.38 bits per heavy atom. The Morgan fingerprint density at radius 2 is 1.67 bits per heavy atom. The smallest absolute Gasteiger partial charge is 0.313 e. The lowest BCUT2D eigenvalue weighted by Crippen LogP contribution is -2.43. The number of hydrogen-bond donors (Lipinski definition) is 3. The average molecular weight is 326 g/mol. The molecule has 24 heavy (non-hydrogen) atoms. The lowest BCUT2D eigenvalue weighted by molar-refractivity contribution is -0.136. The van der Waals surface area contributed by atoms with Crippen molar-refractivity contribution in [3.63, 3.8) is 0 Å². The highest BCUT2D eigenvalue weighted by atomic mass is 16.3. The van der Waals surface area contributed by atoms with Crippen molar-refractivity contribution in [2.24, 2.45) is 5.92 Å². The summed E-state index contributed by atoms with van der Waals surface area (Å²) in [6.07, 6.45) is 3.38. The molecule has 0 atom stereocenters. The molecule has 0 aliphatic heterocycles. The molecule has 0 heterocycles. The van der Waals surface area contributed by atoms with E-state index in [1.54, 1.807) is 6.07 Å². The normalized spacial score (nSPS) is 20.5. The summed E-state index contributed by atoms with van der Waals surface area (Å²) in [7, 11) is 0. The van der Waals surface area contributed by atoms with Crippen LogP contribution in [0.2, 0.25) is 0 Å². The van der Waals surface area contributed by atoms with Gasteiger partial charge < -0.3 is 15.7 Å². The minimum atomic E-state index is -0.644. The monoisotopic (exact) mass is 326 g/mol. The van der Waals surface area contributed by atoms with Crippen LogP contribution in [0.4, 0.5) is 5.69 Å². The van der Waals surface area contributed by atoms with E-state index < -0.39 is 11.8 Å². The molecule has 0 spiro atoms. The Kier molecular flexibility index (Phi) is 5.11. The number of benzene rings is 2. The van der Waals surface area contributed by atoms with Crippen LogP contribution in [0.1, 0.15) is 25.7 Å². The summed E-state index contributed by atoms with van der Waals surface area (Å²) >= 11 is 0. The van der Waals surface area contributed by atoms with E-state index in [0.717, 1.165) is 36.5 Å². The van der Waals surface area contributed by atoms with Crippen molar-refractivity contribution in [3.8, 4) is 0 Å². The topological polar surface area (TPSA) is 78.4 Å². The van der Waals surface area contributed by atoms with Gasteiger partial charge in [-0.3, -0.25) is 9.59 Å². The van der Waals surface area contributed by atoms with Gasteiger partial charge in [0.25, 0.3) is 0 Å². The van der Waals surface area contributed by atoms with Crippen molar-refractivity contribution >= 4 is 28.3 Å². The third kappa shape index (κ3) is 3.92. The van der Waals surface area contributed by atoms with Crippen molar-refractivity contribution in [2.45, 2.75) is 31.7 Å². The quantitative estimate of drug-likeness (QED) is 0.758. The molecular formula is C19H22N2O3. The first-order valence-electron chi connectivity index (χ1n) is 8.37. The first kappa shape index (κ1) is 16.5. The number of aliphatic hydroxyl groups excluding tert-OH is 1. The van der Waals surface area contributed by atoms with E-state index in [9.17, 15) is 9.59 Å². The third-order valence-electron chi connectivity index (χ3n) is 4.65. The highest BCUT2D eigenvalue weighted by Crippen LogP contribution is 2.23. The molecule has 5 nitrogen and oxygen atoms in total. The molecular weight excluding hydrogens is 304 g/mol. The number of anilines is 1. The van der Waals surface area contributed by atoms with E-state index in [1.165, 1.54) is 0 Å². The lowest BCUT2D eigenvalue weighted by atomic mass is 9.86. The minimum Gasteiger partial charge on any atom is -0.396 e. The maximum atomic E-state index is 12.1. The number of fused-ring (bicyclic) bond motifs is 1. The molecule has 2 aromatic carbocycles. The minimum absolute atomic E-state index is 0.0163. The summed E-state index contributed by atoms with van der Waals surface area (Å²) in [5.74, 6) is -0.922. The highest BCUT2D eigenvalue weighted by Gasteiger charge is 2.24. The summed E-state index contributed by atoms with van der Waals surface area (Å²) in [4.78, 5) is 24.1. The molecule has 3 rings (SSSR count). The van der Waals surface area contributed by atoms with Crippen LogP contribution in [-0.4, -0.2) is 29.6 Å². The SMILES string of the molecule is O=C(Nc1ccc2ccccc2c1)C(=O)NC1CCC(CO)CC1. The summed E-state index contributed by atoms with van der Waals surface area (Å²) in [5, 5.41) is 16.7. The van der Waals surface area contributed by atoms with Gasteiger partial charge in [-0.2, -0.15) is 0 Å². The fourth-order valence-electron chi connectivity index (χ4n) is 3.20. The molecule has 0 saturated heterocycles. The fourth-order valence-corrected chi connectivity index (χ4v) is 3.20. The van der Waals surface area contributed by atoms with E-state index >= 15 is 0 Å². The van der Waals surface area contributed by atoms with E-state index in [2.05, 4.69) is 10.6 Å². The number of nitrogens with one attached hydrogen (secondary N) is 2. The van der Waals surface area contributed by atoms with Crippen molar-refractivity contribution in [1.29, 1.82) is 0 Å². The number of hydrogen-bond acceptors (Lipinski definition) is 3. The molecule has 1 aliphatic rings. The number of rotatable bonds is 3. The number of carbonyl (C=O) groups excluding carboxylic acids is 2. The van der Waals surface area contributed by atoms with Crippen LogP contribution >= 0.6 is 0 Å². The van der Waals surface area contributed by atoms with Crippen molar-refractivity contribution < 1.29 is 14.7 Å². The van der Waals surface area contributed by atoms with Crippen LogP contribution in [0.3, 0.4) is 0 Å². The maximum Gasteiger partial charge on any atom is 0.313 e. The van der Waals surface area contributed by atoms with Gasteiger partial charge in [0, 0.05) is 18.3 Å². The molecule has 3 N–H and O–H groups in total. The molecule has 0 unspecified atom stereocenters. The fraction of sp³-hybridized carbons (Fsp3) is 0.368. The predicted molar refractivity (Wildman–Crippen MR) is 93.6 cm³/mol. The molecule has 1 fully saturated rings. The van der Waals surface area contributed by atoms with Crippen LogP contribution in [0.15, 0.2) is 42.5 Å². The van der Waals surface area contributed by atoms with Gasteiger partial charge in [-0.15, -0.1) is 0 Å². The molecule has 1 aliphatic carbocycles. The van der Waals surface area contributed by atoms with Gasteiger partial charge in [0.2, 0.25) is 0 Å². The van der Waals surface area contributed by atoms with Crippen LogP contribution in [-0.2, 0) is 9.59 Å². The molecule has 2 aromatic rings. The van der Waals surface area contributed by atoms with Crippen LogP contribution in [0.25, 0.3) is 10.8 Å². The number of carbonyl (C=O) groups is 2. The van der Waals surface area contributed by atoms with E-state index in [-0.39, 0.29) is 12.6 Å². The van der Waals surface area contributed by atoms with Crippen molar-refractivity contribution in [2.75, 3.05) is 11.9 Å². The molecule has 1 saturated carbocycles. The average Bonchev–Trinajstić information content (AvgIpc) is 2.62. The highest BCUT2D eigenvalue weighted by molar-refractivity contribution is 6.39. The van der Waals surface area contributed by atoms with Gasteiger partial charge in [0.05, 0.1) is 0 Å². The Bertz CT molecular complexity index is 736. The molecule has 126 valence electrons. The van der Waals surface area contributed by atoms with Crippen molar-refractivity contribution in [3.05, 3.63) is 42.5 Å². The summed E-state index contributed by atoms with van der Waals surface area (Å²) in [6, 6.07) is 13.4. The summed E-state index contributed by atoms with van der Waals surface area (Å²) in [5.41, 5.74) is 0.609. The largest absolute Gasteiger partial charge is 0.396 e. The zero-order valence-corrected chi connectivity index (χ0v) is 13.5. The van der Waals surface area contributed by atoms with Gasteiger partial charge in [0.15, 0.2) is 0 Å². The molecule has 5 heteroatoms. The van der Waals surface area contributed by atoms with E-state index in [0.29, 0.717) is 11.6 Å². The second kappa shape index (κ2) is 7.45. The van der Waals surface area contributed by atoms with Gasteiger partial charge in [-0.1, -0.05) is 30.3 Å². The Balaban J connectivity index is 1.56. The zero-order chi connectivity index (χ0) is 16.9. The second-order valence-electron chi connectivity index (χ2n) is 6.39. The first-order valence-corrected chi connectivity index (χ1v) is 8.37. The van der Waals surface area contributed by atoms with E-state index in [1.807, 2.05) is 36.4 Å². The Labute approximate surface area is 141 Å². The molecule has 0 radical (unpaired) electrons. The summed E-state index contributed by atoms with van der Waals surface area (Å²) < 4.78 is 0. The lowest BCUT2D eigenvalue weighted by Gasteiger charge is -2.27. The van der Waals surface area contributed by atoms with Gasteiger partial charge >= 0.3 is 11.8 Å². The van der Waals surface area contributed by atoms with E-state index in [4.69, 9.17) is 5.11 Å². The van der Waals surface area contributed by atoms with Gasteiger partial charge in [-0.25, -0.2) is 0 Å². The van der Waals surface area contributed by atoms with Gasteiger partial charge in [0.1, 0.15) is 0 Å². The van der Waals surface area contributed by atoms with Crippen LogP contribution in [0.5, 0.6) is 0 Å².